The van der Waals surface area contributed by atoms with Gasteiger partial charge in [-0.1, -0.05) is 18.2 Å². The minimum Gasteiger partial charge on any atom is -0.340 e. The van der Waals surface area contributed by atoms with Gasteiger partial charge < -0.3 is 15.1 Å². The van der Waals surface area contributed by atoms with Gasteiger partial charge in [-0.3, -0.25) is 9.59 Å². The zero-order valence-electron chi connectivity index (χ0n) is 15.7. The second kappa shape index (κ2) is 8.87. The van der Waals surface area contributed by atoms with E-state index in [4.69, 9.17) is 0 Å². The van der Waals surface area contributed by atoms with Gasteiger partial charge in [-0.25, -0.2) is 0 Å². The van der Waals surface area contributed by atoms with Crippen LogP contribution in [0.5, 0.6) is 0 Å². The molecule has 144 valence electrons. The molecule has 26 heavy (non-hydrogen) atoms. The molecule has 2 aliphatic rings. The zero-order valence-corrected chi connectivity index (χ0v) is 16.6. The van der Waals surface area contributed by atoms with Crippen LogP contribution < -0.4 is 5.32 Å². The molecule has 2 amide bonds. The molecule has 2 fully saturated rings. The Morgan fingerprint density at radius 3 is 2.62 bits per heavy atom. The fourth-order valence-electron chi connectivity index (χ4n) is 4.29. The first-order valence-corrected chi connectivity index (χ1v) is 9.37. The van der Waals surface area contributed by atoms with E-state index in [9.17, 15) is 9.59 Å². The molecular weight excluding hydrogens is 350 g/mol. The Morgan fingerprint density at radius 1 is 1.19 bits per heavy atom. The van der Waals surface area contributed by atoms with Gasteiger partial charge in [0.15, 0.2) is 0 Å². The van der Waals surface area contributed by atoms with Crippen LogP contribution in [0, 0.1) is 5.92 Å². The van der Waals surface area contributed by atoms with Crippen molar-refractivity contribution < 1.29 is 9.59 Å². The topological polar surface area (TPSA) is 52.7 Å². The van der Waals surface area contributed by atoms with Gasteiger partial charge in [0.2, 0.25) is 5.91 Å². The third kappa shape index (κ3) is 4.04. The molecule has 0 radical (unpaired) electrons. The van der Waals surface area contributed by atoms with E-state index >= 15 is 0 Å². The molecule has 1 aromatic carbocycles. The molecule has 5 nitrogen and oxygen atoms in total. The Morgan fingerprint density at radius 2 is 1.92 bits per heavy atom. The van der Waals surface area contributed by atoms with Crippen molar-refractivity contribution in [3.8, 4) is 0 Å². The summed E-state index contributed by atoms with van der Waals surface area (Å²) in [6, 6.07) is 9.30. The summed E-state index contributed by atoms with van der Waals surface area (Å²) in [5.41, 5.74) is -0.0517. The fraction of sp³-hybridized carbons (Fsp3) is 0.600. The van der Waals surface area contributed by atoms with E-state index in [1.807, 2.05) is 49.2 Å². The molecule has 2 heterocycles. The smallest absolute Gasteiger partial charge is 0.254 e. The summed E-state index contributed by atoms with van der Waals surface area (Å²) in [4.78, 5) is 30.1. The van der Waals surface area contributed by atoms with E-state index in [1.165, 1.54) is 0 Å². The number of benzene rings is 1. The summed E-state index contributed by atoms with van der Waals surface area (Å²) in [6.07, 6.45) is 3.83. The Kier molecular flexibility index (Phi) is 7.07. The van der Waals surface area contributed by atoms with E-state index in [0.29, 0.717) is 18.0 Å². The first-order chi connectivity index (χ1) is 12.1. The SMILES string of the molecule is CNCC1CCCN(C(=O)C2(C)CCCN2C(=O)c2ccccc2)C1.Cl. The quantitative estimate of drug-likeness (QED) is 0.874. The van der Waals surface area contributed by atoms with Crippen LogP contribution in [0.1, 0.15) is 43.0 Å². The Hall–Kier alpha value is -1.59. The number of halogens is 1. The minimum absolute atomic E-state index is 0. The van der Waals surface area contributed by atoms with Crippen LogP contribution in [-0.4, -0.2) is 60.4 Å². The van der Waals surface area contributed by atoms with E-state index in [2.05, 4.69) is 5.32 Å². The molecule has 2 aliphatic heterocycles. The first-order valence-electron chi connectivity index (χ1n) is 9.37. The number of likely N-dealkylation sites (tertiary alicyclic amines) is 2. The fourth-order valence-corrected chi connectivity index (χ4v) is 4.29. The summed E-state index contributed by atoms with van der Waals surface area (Å²) in [5.74, 6) is 0.596. The molecule has 0 saturated carbocycles. The highest BCUT2D eigenvalue weighted by Crippen LogP contribution is 2.33. The number of nitrogens with zero attached hydrogens (tertiary/aromatic N) is 2. The number of piperidine rings is 1. The predicted molar refractivity (Wildman–Crippen MR) is 106 cm³/mol. The molecule has 2 saturated heterocycles. The van der Waals surface area contributed by atoms with Crippen molar-refractivity contribution in [1.29, 1.82) is 0 Å². The lowest BCUT2D eigenvalue weighted by atomic mass is 9.92. The van der Waals surface area contributed by atoms with Crippen LogP contribution >= 0.6 is 12.4 Å². The molecule has 1 N–H and O–H groups in total. The summed E-state index contributed by atoms with van der Waals surface area (Å²) >= 11 is 0. The maximum Gasteiger partial charge on any atom is 0.254 e. The molecular formula is C20H30ClN3O2. The van der Waals surface area contributed by atoms with Crippen molar-refractivity contribution >= 4 is 24.2 Å². The molecule has 1 aromatic rings. The van der Waals surface area contributed by atoms with Crippen LogP contribution in [-0.2, 0) is 4.79 Å². The zero-order chi connectivity index (χ0) is 17.9. The van der Waals surface area contributed by atoms with Gasteiger partial charge >= 0.3 is 0 Å². The van der Waals surface area contributed by atoms with Crippen molar-refractivity contribution in [1.82, 2.24) is 15.1 Å². The van der Waals surface area contributed by atoms with Crippen LogP contribution in [0.25, 0.3) is 0 Å². The highest BCUT2D eigenvalue weighted by molar-refractivity contribution is 5.99. The lowest BCUT2D eigenvalue weighted by Crippen LogP contribution is -2.58. The second-order valence-corrected chi connectivity index (χ2v) is 7.52. The third-order valence-corrected chi connectivity index (χ3v) is 5.67. The van der Waals surface area contributed by atoms with Crippen molar-refractivity contribution in [2.75, 3.05) is 33.2 Å². The molecule has 0 aromatic heterocycles. The summed E-state index contributed by atoms with van der Waals surface area (Å²) in [7, 11) is 1.96. The monoisotopic (exact) mass is 379 g/mol. The second-order valence-electron chi connectivity index (χ2n) is 7.52. The molecule has 0 bridgehead atoms. The number of nitrogens with one attached hydrogen (secondary N) is 1. The van der Waals surface area contributed by atoms with Crippen molar-refractivity contribution in [3.05, 3.63) is 35.9 Å². The average Bonchev–Trinajstić information content (AvgIpc) is 3.04. The molecule has 2 atom stereocenters. The van der Waals surface area contributed by atoms with Crippen LogP contribution in [0.3, 0.4) is 0 Å². The van der Waals surface area contributed by atoms with E-state index in [1.54, 1.807) is 4.90 Å². The van der Waals surface area contributed by atoms with Crippen LogP contribution in [0.15, 0.2) is 30.3 Å². The molecule has 2 unspecified atom stereocenters. The number of amides is 2. The Labute approximate surface area is 162 Å². The first kappa shape index (κ1) is 20.7. The van der Waals surface area contributed by atoms with Crippen LogP contribution in [0.2, 0.25) is 0 Å². The van der Waals surface area contributed by atoms with E-state index in [-0.39, 0.29) is 24.2 Å². The molecule has 3 rings (SSSR count). The maximum atomic E-state index is 13.3. The lowest BCUT2D eigenvalue weighted by molar-refractivity contribution is -0.142. The summed E-state index contributed by atoms with van der Waals surface area (Å²) in [6.45, 7) is 5.15. The predicted octanol–water partition coefficient (Wildman–Crippen LogP) is 2.56. The van der Waals surface area contributed by atoms with E-state index < -0.39 is 5.54 Å². The van der Waals surface area contributed by atoms with Gasteiger partial charge in [0.25, 0.3) is 5.91 Å². The van der Waals surface area contributed by atoms with Gasteiger partial charge in [0.1, 0.15) is 5.54 Å². The highest BCUT2D eigenvalue weighted by Gasteiger charge is 2.48. The van der Waals surface area contributed by atoms with Crippen molar-refractivity contribution in [2.45, 2.75) is 38.1 Å². The number of hydrogen-bond acceptors (Lipinski definition) is 3. The molecule has 6 heteroatoms. The molecule has 0 spiro atoms. The minimum atomic E-state index is -0.714. The average molecular weight is 380 g/mol. The third-order valence-electron chi connectivity index (χ3n) is 5.67. The van der Waals surface area contributed by atoms with Crippen LogP contribution in [0.4, 0.5) is 0 Å². The van der Waals surface area contributed by atoms with Gasteiger partial charge in [-0.2, -0.15) is 0 Å². The molecule has 0 aliphatic carbocycles. The normalized spacial score (nSPS) is 25.7. The number of rotatable bonds is 4. The number of carbonyl (C=O) groups excluding carboxylic acids is 2. The Bertz CT molecular complexity index is 623. The van der Waals surface area contributed by atoms with Crippen molar-refractivity contribution in [3.63, 3.8) is 0 Å². The lowest BCUT2D eigenvalue weighted by Gasteiger charge is -2.41. The van der Waals surface area contributed by atoms with Crippen molar-refractivity contribution in [2.24, 2.45) is 5.92 Å². The van der Waals surface area contributed by atoms with Gasteiger partial charge in [0, 0.05) is 25.2 Å². The standard InChI is InChI=1S/C20H29N3O2.ClH/c1-20(19(25)22-12-6-8-16(15-22)14-21-2)11-7-13-23(20)18(24)17-9-4-3-5-10-17;/h3-5,9-10,16,21H,6-8,11-15H2,1-2H3;1H. The Balaban J connectivity index is 0.00000243. The summed E-state index contributed by atoms with van der Waals surface area (Å²) < 4.78 is 0. The number of carbonyl (C=O) groups is 2. The highest BCUT2D eigenvalue weighted by atomic mass is 35.5. The van der Waals surface area contributed by atoms with Gasteiger partial charge in [-0.15, -0.1) is 12.4 Å². The number of hydrogen-bond donors (Lipinski definition) is 1. The van der Waals surface area contributed by atoms with Gasteiger partial charge in [0.05, 0.1) is 0 Å². The summed E-state index contributed by atoms with van der Waals surface area (Å²) in [5, 5.41) is 3.22. The largest absolute Gasteiger partial charge is 0.340 e. The van der Waals surface area contributed by atoms with Gasteiger partial charge in [-0.05, 0) is 64.3 Å². The maximum absolute atomic E-state index is 13.3. The van der Waals surface area contributed by atoms with E-state index in [0.717, 1.165) is 45.3 Å².